The lowest BCUT2D eigenvalue weighted by atomic mass is 9.99. The van der Waals surface area contributed by atoms with Crippen LogP contribution in [0.25, 0.3) is 0 Å². The molecule has 0 rings (SSSR count). The molecule has 0 aliphatic rings. The van der Waals surface area contributed by atoms with Crippen molar-refractivity contribution in [2.75, 3.05) is 19.8 Å². The molecule has 0 amide bonds. The maximum atomic E-state index is 9.13. The second kappa shape index (κ2) is 9.49. The van der Waals surface area contributed by atoms with E-state index in [1.165, 1.54) is 0 Å². The summed E-state index contributed by atoms with van der Waals surface area (Å²) in [5, 5.41) is 26.9. The highest BCUT2D eigenvalue weighted by Crippen LogP contribution is 2.26. The Hall–Kier alpha value is -1.43. The summed E-state index contributed by atoms with van der Waals surface area (Å²) in [5.74, 6) is -1.77. The van der Waals surface area contributed by atoms with E-state index in [2.05, 4.69) is 0 Å². The van der Waals surface area contributed by atoms with Crippen LogP contribution in [0.3, 0.4) is 0 Å². The average molecular weight is 281 g/mol. The minimum atomic E-state index is -3.00. The number of nitriles is 3. The van der Waals surface area contributed by atoms with E-state index in [4.69, 9.17) is 29.1 Å². The largest absolute Gasteiger partial charge is 0.502 e. The van der Waals surface area contributed by atoms with Gasteiger partial charge in [0.1, 0.15) is 5.92 Å². The van der Waals surface area contributed by atoms with Crippen molar-refractivity contribution in [3.8, 4) is 18.2 Å². The van der Waals surface area contributed by atoms with Gasteiger partial charge >= 0.3 is 8.80 Å². The van der Waals surface area contributed by atoms with Gasteiger partial charge < -0.3 is 13.3 Å². The van der Waals surface area contributed by atoms with Crippen molar-refractivity contribution < 1.29 is 13.3 Å². The van der Waals surface area contributed by atoms with Crippen LogP contribution in [0.2, 0.25) is 6.04 Å². The Morgan fingerprint density at radius 2 is 1.26 bits per heavy atom. The molecule has 0 saturated carbocycles. The fourth-order valence-corrected chi connectivity index (χ4v) is 4.47. The average Bonchev–Trinajstić information content (AvgIpc) is 2.39. The summed E-state index contributed by atoms with van der Waals surface area (Å²) >= 11 is 0. The molecule has 0 saturated heterocycles. The van der Waals surface area contributed by atoms with Crippen LogP contribution in [0.4, 0.5) is 0 Å². The zero-order chi connectivity index (χ0) is 14.7. The SMILES string of the molecule is CCO[Si](CC(C#N)C(C#N)C#N)(OCC)OCC. The molecule has 0 fully saturated rings. The Labute approximate surface area is 115 Å². The number of rotatable bonds is 9. The second-order valence-electron chi connectivity index (χ2n) is 3.66. The van der Waals surface area contributed by atoms with Gasteiger partial charge in [0.05, 0.1) is 24.1 Å². The molecule has 0 aliphatic carbocycles. The predicted molar refractivity (Wildman–Crippen MR) is 69.3 cm³/mol. The van der Waals surface area contributed by atoms with Gasteiger partial charge in [0.15, 0.2) is 0 Å². The smallest absolute Gasteiger partial charge is 0.374 e. The van der Waals surface area contributed by atoms with Crippen LogP contribution in [0.5, 0.6) is 0 Å². The first kappa shape index (κ1) is 17.6. The highest BCUT2D eigenvalue weighted by Gasteiger charge is 2.45. The van der Waals surface area contributed by atoms with E-state index >= 15 is 0 Å². The van der Waals surface area contributed by atoms with E-state index in [1.54, 1.807) is 0 Å². The first-order valence-corrected chi connectivity index (χ1v) is 8.16. The molecule has 0 radical (unpaired) electrons. The van der Waals surface area contributed by atoms with Gasteiger partial charge in [0.25, 0.3) is 0 Å². The number of nitrogens with zero attached hydrogens (tertiary/aromatic N) is 3. The number of hydrogen-bond acceptors (Lipinski definition) is 6. The van der Waals surface area contributed by atoms with Crippen molar-refractivity contribution in [3.05, 3.63) is 0 Å². The first-order valence-electron chi connectivity index (χ1n) is 6.23. The van der Waals surface area contributed by atoms with Crippen molar-refractivity contribution >= 4 is 8.80 Å². The quantitative estimate of drug-likeness (QED) is 0.598. The lowest BCUT2D eigenvalue weighted by Crippen LogP contribution is -2.48. The van der Waals surface area contributed by atoms with Crippen molar-refractivity contribution in [1.82, 2.24) is 0 Å². The van der Waals surface area contributed by atoms with Crippen molar-refractivity contribution in [2.24, 2.45) is 11.8 Å². The molecule has 0 aromatic carbocycles. The maximum absolute atomic E-state index is 9.13. The summed E-state index contributed by atoms with van der Waals surface area (Å²) in [4.78, 5) is 0. The summed E-state index contributed by atoms with van der Waals surface area (Å²) < 4.78 is 16.8. The maximum Gasteiger partial charge on any atom is 0.502 e. The summed E-state index contributed by atoms with van der Waals surface area (Å²) in [6, 6.07) is 5.79. The van der Waals surface area contributed by atoms with Gasteiger partial charge in [-0.1, -0.05) is 0 Å². The van der Waals surface area contributed by atoms with Crippen molar-refractivity contribution in [1.29, 1.82) is 15.8 Å². The molecule has 7 heteroatoms. The third-order valence-corrected chi connectivity index (χ3v) is 5.53. The highest BCUT2D eigenvalue weighted by molar-refractivity contribution is 6.60. The Morgan fingerprint density at radius 1 is 0.842 bits per heavy atom. The monoisotopic (exact) mass is 281 g/mol. The van der Waals surface area contributed by atoms with Crippen LogP contribution >= 0.6 is 0 Å². The van der Waals surface area contributed by atoms with E-state index in [1.807, 2.05) is 39.0 Å². The molecule has 6 nitrogen and oxygen atoms in total. The van der Waals surface area contributed by atoms with E-state index in [-0.39, 0.29) is 6.04 Å². The van der Waals surface area contributed by atoms with Gasteiger partial charge in [0, 0.05) is 25.9 Å². The van der Waals surface area contributed by atoms with Crippen LogP contribution < -0.4 is 0 Å². The first-order chi connectivity index (χ1) is 9.12. The van der Waals surface area contributed by atoms with E-state index in [0.29, 0.717) is 19.8 Å². The fraction of sp³-hybridized carbons (Fsp3) is 0.750. The summed E-state index contributed by atoms with van der Waals surface area (Å²) in [6.07, 6.45) is 0. The van der Waals surface area contributed by atoms with Gasteiger partial charge in [0.2, 0.25) is 0 Å². The summed E-state index contributed by atoms with van der Waals surface area (Å²) in [7, 11) is -3.00. The van der Waals surface area contributed by atoms with Gasteiger partial charge in [-0.05, 0) is 20.8 Å². The van der Waals surface area contributed by atoms with Crippen molar-refractivity contribution in [3.63, 3.8) is 0 Å². The van der Waals surface area contributed by atoms with E-state index < -0.39 is 20.6 Å². The molecular weight excluding hydrogens is 262 g/mol. The third-order valence-electron chi connectivity index (χ3n) is 2.41. The Balaban J connectivity index is 5.11. The molecule has 0 aliphatic heterocycles. The molecule has 0 aromatic heterocycles. The minimum absolute atomic E-state index is 0.158. The van der Waals surface area contributed by atoms with Gasteiger partial charge in [-0.25, -0.2) is 0 Å². The second-order valence-corrected chi connectivity index (χ2v) is 6.30. The van der Waals surface area contributed by atoms with Crippen molar-refractivity contribution in [2.45, 2.75) is 26.8 Å². The van der Waals surface area contributed by atoms with E-state index in [9.17, 15) is 0 Å². The molecular formula is C12H19N3O3Si. The van der Waals surface area contributed by atoms with Crippen LogP contribution in [0.1, 0.15) is 20.8 Å². The Bertz CT molecular complexity index is 352. The van der Waals surface area contributed by atoms with E-state index in [0.717, 1.165) is 0 Å². The molecule has 0 aromatic rings. The molecule has 0 bridgehead atoms. The fourth-order valence-electron chi connectivity index (χ4n) is 1.68. The van der Waals surface area contributed by atoms with Crippen LogP contribution in [0.15, 0.2) is 0 Å². The molecule has 0 heterocycles. The molecule has 0 spiro atoms. The third kappa shape index (κ3) is 5.38. The van der Waals surface area contributed by atoms with Gasteiger partial charge in [-0.15, -0.1) is 0 Å². The number of hydrogen-bond donors (Lipinski definition) is 0. The van der Waals surface area contributed by atoms with Crippen LogP contribution in [0, 0.1) is 45.8 Å². The standard InChI is InChI=1S/C12H19N3O3Si/c1-4-16-19(17-5-2,18-6-3)10-12(9-15)11(7-13)8-14/h11-12H,4-6,10H2,1-3H3. The molecule has 1 unspecified atom stereocenters. The molecule has 104 valence electrons. The topological polar surface area (TPSA) is 99.1 Å². The Morgan fingerprint density at radius 3 is 1.53 bits per heavy atom. The predicted octanol–water partition coefficient (Wildman–Crippen LogP) is 1.84. The zero-order valence-corrected chi connectivity index (χ0v) is 12.5. The minimum Gasteiger partial charge on any atom is -0.374 e. The zero-order valence-electron chi connectivity index (χ0n) is 11.5. The summed E-state index contributed by atoms with van der Waals surface area (Å²) in [6.45, 7) is 6.63. The molecule has 0 N–H and O–H groups in total. The van der Waals surface area contributed by atoms with Gasteiger partial charge in [-0.2, -0.15) is 15.8 Å². The lowest BCUT2D eigenvalue weighted by Gasteiger charge is -2.30. The highest BCUT2D eigenvalue weighted by atomic mass is 28.4. The van der Waals surface area contributed by atoms with Gasteiger partial charge in [-0.3, -0.25) is 0 Å². The normalized spacial score (nSPS) is 12.5. The summed E-state index contributed by atoms with van der Waals surface area (Å²) in [5.41, 5.74) is 0. The lowest BCUT2D eigenvalue weighted by molar-refractivity contribution is 0.0682. The molecule has 19 heavy (non-hydrogen) atoms. The van der Waals surface area contributed by atoms with Crippen LogP contribution in [-0.4, -0.2) is 28.6 Å². The molecule has 1 atom stereocenters. The Kier molecular flexibility index (Phi) is 8.78. The van der Waals surface area contributed by atoms with Crippen LogP contribution in [-0.2, 0) is 13.3 Å².